The maximum absolute atomic E-state index is 5.61. The number of fused-ring (bicyclic) bond motifs is 1. The summed E-state index contributed by atoms with van der Waals surface area (Å²) in [6, 6.07) is 6.10. The van der Waals surface area contributed by atoms with Crippen LogP contribution in [0, 0.1) is 0 Å². The average Bonchev–Trinajstić information content (AvgIpc) is 2.26. The van der Waals surface area contributed by atoms with E-state index < -0.39 is 0 Å². The van der Waals surface area contributed by atoms with Crippen molar-refractivity contribution in [3.05, 3.63) is 23.8 Å². The molecular formula is C11H13BrO2. The summed E-state index contributed by atoms with van der Waals surface area (Å²) >= 11 is 3.34. The van der Waals surface area contributed by atoms with Crippen LogP contribution in [0.1, 0.15) is 12.0 Å². The molecule has 0 saturated heterocycles. The Hall–Kier alpha value is -0.700. The lowest BCUT2D eigenvalue weighted by atomic mass is 10.1. The fraction of sp³-hybridized carbons (Fsp3) is 0.455. The molecule has 2 nitrogen and oxygen atoms in total. The molecule has 0 amide bonds. The summed E-state index contributed by atoms with van der Waals surface area (Å²) in [6.07, 6.45) is 2.20. The highest BCUT2D eigenvalue weighted by atomic mass is 79.9. The second kappa shape index (κ2) is 4.69. The van der Waals surface area contributed by atoms with E-state index in [0.29, 0.717) is 6.61 Å². The number of para-hydroxylation sites is 1. The second-order valence-corrected chi connectivity index (χ2v) is 4.03. The zero-order valence-electron chi connectivity index (χ0n) is 7.96. The van der Waals surface area contributed by atoms with Gasteiger partial charge in [0.1, 0.15) is 0 Å². The number of hydrogen-bond donors (Lipinski definition) is 0. The summed E-state index contributed by atoms with van der Waals surface area (Å²) in [5, 5.41) is 0.844. The highest BCUT2D eigenvalue weighted by molar-refractivity contribution is 9.09. The molecule has 1 aliphatic rings. The predicted octanol–water partition coefficient (Wildman–Crippen LogP) is 2.79. The van der Waals surface area contributed by atoms with Gasteiger partial charge in [-0.1, -0.05) is 28.1 Å². The van der Waals surface area contributed by atoms with E-state index in [0.717, 1.165) is 36.3 Å². The van der Waals surface area contributed by atoms with Gasteiger partial charge >= 0.3 is 0 Å². The molecule has 1 aliphatic heterocycles. The largest absolute Gasteiger partial charge is 0.489 e. The molecule has 0 aromatic heterocycles. The highest BCUT2D eigenvalue weighted by Gasteiger charge is 2.14. The van der Waals surface area contributed by atoms with Crippen LogP contribution in [0.25, 0.3) is 0 Å². The Morgan fingerprint density at radius 1 is 1.43 bits per heavy atom. The molecule has 76 valence electrons. The van der Waals surface area contributed by atoms with E-state index in [1.807, 2.05) is 12.1 Å². The van der Waals surface area contributed by atoms with Gasteiger partial charge in [-0.25, -0.2) is 0 Å². The molecule has 0 N–H and O–H groups in total. The van der Waals surface area contributed by atoms with Crippen LogP contribution in [-0.2, 0) is 6.42 Å². The van der Waals surface area contributed by atoms with Crippen LogP contribution in [-0.4, -0.2) is 18.5 Å². The van der Waals surface area contributed by atoms with E-state index in [4.69, 9.17) is 9.47 Å². The maximum atomic E-state index is 5.61. The van der Waals surface area contributed by atoms with Crippen molar-refractivity contribution in [3.63, 3.8) is 0 Å². The van der Waals surface area contributed by atoms with Crippen molar-refractivity contribution in [1.29, 1.82) is 0 Å². The molecule has 3 heteroatoms. The van der Waals surface area contributed by atoms with Gasteiger partial charge in [0.2, 0.25) is 0 Å². The molecule has 2 rings (SSSR count). The van der Waals surface area contributed by atoms with Gasteiger partial charge < -0.3 is 9.47 Å². The molecule has 1 heterocycles. The van der Waals surface area contributed by atoms with Crippen molar-refractivity contribution in [1.82, 2.24) is 0 Å². The number of halogens is 1. The van der Waals surface area contributed by atoms with Gasteiger partial charge in [-0.05, 0) is 24.5 Å². The number of alkyl halides is 1. The lowest BCUT2D eigenvalue weighted by Crippen LogP contribution is -2.10. The molecule has 0 aliphatic carbocycles. The van der Waals surface area contributed by atoms with E-state index >= 15 is 0 Å². The van der Waals surface area contributed by atoms with Crippen molar-refractivity contribution >= 4 is 15.9 Å². The zero-order chi connectivity index (χ0) is 9.80. The Kier molecular flexibility index (Phi) is 3.30. The molecule has 0 spiro atoms. The van der Waals surface area contributed by atoms with Crippen molar-refractivity contribution < 1.29 is 9.47 Å². The topological polar surface area (TPSA) is 18.5 Å². The summed E-state index contributed by atoms with van der Waals surface area (Å²) in [5.74, 6) is 1.82. The van der Waals surface area contributed by atoms with Crippen molar-refractivity contribution in [2.45, 2.75) is 12.8 Å². The average molecular weight is 257 g/mol. The summed E-state index contributed by atoms with van der Waals surface area (Å²) < 4.78 is 11.2. The van der Waals surface area contributed by atoms with Crippen molar-refractivity contribution in [2.75, 3.05) is 18.5 Å². The lowest BCUT2D eigenvalue weighted by molar-refractivity contribution is 0.258. The summed E-state index contributed by atoms with van der Waals surface area (Å²) in [5.41, 5.74) is 1.27. The van der Waals surface area contributed by atoms with Crippen LogP contribution in [0.4, 0.5) is 0 Å². The normalized spacial score (nSPS) is 14.4. The molecule has 0 atom stereocenters. The molecule has 0 saturated carbocycles. The summed E-state index contributed by atoms with van der Waals surface area (Å²) in [6.45, 7) is 1.49. The van der Waals surface area contributed by atoms with Crippen molar-refractivity contribution in [2.24, 2.45) is 0 Å². The van der Waals surface area contributed by atoms with Crippen LogP contribution in [0.5, 0.6) is 11.5 Å². The number of ether oxygens (including phenoxy) is 2. The summed E-state index contributed by atoms with van der Waals surface area (Å²) in [4.78, 5) is 0. The van der Waals surface area contributed by atoms with Gasteiger partial charge in [0.15, 0.2) is 11.5 Å². The molecule has 1 aromatic rings. The highest BCUT2D eigenvalue weighted by Crippen LogP contribution is 2.34. The first kappa shape index (κ1) is 9.84. The molecule has 1 aromatic carbocycles. The Bertz CT molecular complexity index is 312. The Labute approximate surface area is 92.3 Å². The number of benzene rings is 1. The first-order valence-corrected chi connectivity index (χ1v) is 5.97. The van der Waals surface area contributed by atoms with Crippen molar-refractivity contribution in [3.8, 4) is 11.5 Å². The maximum Gasteiger partial charge on any atom is 0.164 e. The van der Waals surface area contributed by atoms with Crippen LogP contribution in [0.3, 0.4) is 0 Å². The molecule has 0 unspecified atom stereocenters. The Morgan fingerprint density at radius 2 is 2.36 bits per heavy atom. The number of hydrogen-bond acceptors (Lipinski definition) is 2. The van der Waals surface area contributed by atoms with E-state index in [1.54, 1.807) is 0 Å². The minimum Gasteiger partial charge on any atom is -0.489 e. The third-order valence-corrected chi connectivity index (χ3v) is 2.56. The van der Waals surface area contributed by atoms with Gasteiger partial charge in [0, 0.05) is 5.33 Å². The van der Waals surface area contributed by atoms with Gasteiger partial charge in [0.05, 0.1) is 13.2 Å². The number of aryl methyl sites for hydroxylation is 1. The first-order chi connectivity index (χ1) is 6.92. The Morgan fingerprint density at radius 3 is 3.21 bits per heavy atom. The second-order valence-electron chi connectivity index (χ2n) is 3.23. The quantitative estimate of drug-likeness (QED) is 0.775. The van der Waals surface area contributed by atoms with E-state index in [9.17, 15) is 0 Å². The standard InChI is InChI=1S/C11H13BrO2/c12-6-8-13-10-5-1-3-9-4-2-7-14-11(9)10/h1,3,5H,2,4,6-8H2. The minimum absolute atomic E-state index is 0.680. The predicted molar refractivity (Wildman–Crippen MR) is 59.5 cm³/mol. The zero-order valence-corrected chi connectivity index (χ0v) is 9.55. The van der Waals surface area contributed by atoms with Crippen LogP contribution < -0.4 is 9.47 Å². The van der Waals surface area contributed by atoms with Crippen LogP contribution >= 0.6 is 15.9 Å². The summed E-state index contributed by atoms with van der Waals surface area (Å²) in [7, 11) is 0. The minimum atomic E-state index is 0.680. The molecule has 0 bridgehead atoms. The van der Waals surface area contributed by atoms with E-state index in [1.165, 1.54) is 5.56 Å². The van der Waals surface area contributed by atoms with Gasteiger partial charge in [-0.3, -0.25) is 0 Å². The third-order valence-electron chi connectivity index (χ3n) is 2.23. The molecule has 14 heavy (non-hydrogen) atoms. The third kappa shape index (κ3) is 2.03. The van der Waals surface area contributed by atoms with Gasteiger partial charge in [-0.2, -0.15) is 0 Å². The van der Waals surface area contributed by atoms with Crippen LogP contribution in [0.2, 0.25) is 0 Å². The fourth-order valence-corrected chi connectivity index (χ4v) is 1.78. The molecule has 0 fully saturated rings. The Balaban J connectivity index is 2.21. The lowest BCUT2D eigenvalue weighted by Gasteiger charge is -2.19. The first-order valence-electron chi connectivity index (χ1n) is 4.85. The monoisotopic (exact) mass is 256 g/mol. The smallest absolute Gasteiger partial charge is 0.164 e. The fourth-order valence-electron chi connectivity index (χ4n) is 1.62. The molecule has 0 radical (unpaired) electrons. The van der Waals surface area contributed by atoms with Gasteiger partial charge in [0.25, 0.3) is 0 Å². The van der Waals surface area contributed by atoms with Crippen LogP contribution in [0.15, 0.2) is 18.2 Å². The van der Waals surface area contributed by atoms with Gasteiger partial charge in [-0.15, -0.1) is 0 Å². The SMILES string of the molecule is BrCCOc1cccc2c1OCCC2. The molecular weight excluding hydrogens is 244 g/mol. The number of rotatable bonds is 3. The van der Waals surface area contributed by atoms with E-state index in [2.05, 4.69) is 22.0 Å². The van der Waals surface area contributed by atoms with E-state index in [-0.39, 0.29) is 0 Å².